The second-order valence-corrected chi connectivity index (χ2v) is 6.06. The molecule has 118 valence electrons. The van der Waals surface area contributed by atoms with E-state index in [9.17, 15) is 4.79 Å². The minimum atomic E-state index is -0.180. The second-order valence-electron chi connectivity index (χ2n) is 4.36. The van der Waals surface area contributed by atoms with E-state index in [0.717, 1.165) is 19.6 Å². The summed E-state index contributed by atoms with van der Waals surface area (Å²) in [6.07, 6.45) is 0. The molecular weight excluding hydrogens is 379 g/mol. The summed E-state index contributed by atoms with van der Waals surface area (Å²) in [6.45, 7) is 7.46. The number of carbonyl (C=O) groups is 1. The molecule has 0 aromatic heterocycles. The SMILES string of the molecule is CCN(CC)CCNC(=O)COc1c(Cl)cc(Cl)cc1Br. The van der Waals surface area contributed by atoms with E-state index in [0.29, 0.717) is 26.8 Å². The van der Waals surface area contributed by atoms with Gasteiger partial charge in [0.1, 0.15) is 0 Å². The molecule has 0 aliphatic carbocycles. The normalized spacial score (nSPS) is 10.8. The first-order chi connectivity index (χ1) is 9.97. The molecule has 0 fully saturated rings. The van der Waals surface area contributed by atoms with Crippen molar-refractivity contribution in [3.8, 4) is 5.75 Å². The Balaban J connectivity index is 2.40. The Morgan fingerprint density at radius 1 is 1.33 bits per heavy atom. The van der Waals surface area contributed by atoms with E-state index in [2.05, 4.69) is 40.0 Å². The maximum atomic E-state index is 11.7. The molecule has 1 rings (SSSR count). The van der Waals surface area contributed by atoms with Crippen LogP contribution in [0.5, 0.6) is 5.75 Å². The minimum Gasteiger partial charge on any atom is -0.481 e. The van der Waals surface area contributed by atoms with Crippen LogP contribution in [0.15, 0.2) is 16.6 Å². The van der Waals surface area contributed by atoms with Crippen LogP contribution in [0.25, 0.3) is 0 Å². The molecule has 1 N–H and O–H groups in total. The summed E-state index contributed by atoms with van der Waals surface area (Å²) in [7, 11) is 0. The first kappa shape index (κ1) is 18.6. The maximum Gasteiger partial charge on any atom is 0.257 e. The van der Waals surface area contributed by atoms with Crippen LogP contribution in [0.3, 0.4) is 0 Å². The molecule has 0 heterocycles. The van der Waals surface area contributed by atoms with Gasteiger partial charge in [0.2, 0.25) is 0 Å². The van der Waals surface area contributed by atoms with Crippen LogP contribution >= 0.6 is 39.1 Å². The van der Waals surface area contributed by atoms with Gasteiger partial charge < -0.3 is 15.0 Å². The van der Waals surface area contributed by atoms with Crippen LogP contribution in [0, 0.1) is 0 Å². The van der Waals surface area contributed by atoms with Gasteiger partial charge in [-0.1, -0.05) is 37.0 Å². The fourth-order valence-corrected chi connectivity index (χ4v) is 3.12. The van der Waals surface area contributed by atoms with Crippen molar-refractivity contribution in [2.24, 2.45) is 0 Å². The van der Waals surface area contributed by atoms with E-state index in [1.165, 1.54) is 0 Å². The lowest BCUT2D eigenvalue weighted by Gasteiger charge is -2.18. The van der Waals surface area contributed by atoms with Gasteiger partial charge in [-0.25, -0.2) is 0 Å². The number of nitrogens with one attached hydrogen (secondary N) is 1. The minimum absolute atomic E-state index is 0.0851. The van der Waals surface area contributed by atoms with Crippen molar-refractivity contribution in [2.45, 2.75) is 13.8 Å². The molecule has 0 unspecified atom stereocenters. The number of halogens is 3. The lowest BCUT2D eigenvalue weighted by Crippen LogP contribution is -2.36. The molecule has 4 nitrogen and oxygen atoms in total. The zero-order chi connectivity index (χ0) is 15.8. The Hall–Kier alpha value is -0.490. The van der Waals surface area contributed by atoms with Gasteiger partial charge in [-0.15, -0.1) is 0 Å². The summed E-state index contributed by atoms with van der Waals surface area (Å²) < 4.78 is 6.05. The summed E-state index contributed by atoms with van der Waals surface area (Å²) in [5.74, 6) is 0.236. The van der Waals surface area contributed by atoms with E-state index >= 15 is 0 Å². The van der Waals surface area contributed by atoms with Crippen LogP contribution in [0.2, 0.25) is 10.0 Å². The number of rotatable bonds is 8. The molecule has 21 heavy (non-hydrogen) atoms. The van der Waals surface area contributed by atoms with Crippen LogP contribution in [0.4, 0.5) is 0 Å². The number of hydrogen-bond acceptors (Lipinski definition) is 3. The van der Waals surface area contributed by atoms with Gasteiger partial charge in [0.05, 0.1) is 9.50 Å². The highest BCUT2D eigenvalue weighted by Crippen LogP contribution is 2.35. The van der Waals surface area contributed by atoms with Crippen molar-refractivity contribution in [3.05, 3.63) is 26.7 Å². The van der Waals surface area contributed by atoms with E-state index in [-0.39, 0.29) is 12.5 Å². The summed E-state index contributed by atoms with van der Waals surface area (Å²) in [5.41, 5.74) is 0. The number of amides is 1. The fourth-order valence-electron chi connectivity index (χ4n) is 1.75. The van der Waals surface area contributed by atoms with E-state index in [1.54, 1.807) is 12.1 Å². The van der Waals surface area contributed by atoms with E-state index in [1.807, 2.05) is 0 Å². The average molecular weight is 398 g/mol. The standard InChI is InChI=1S/C14H19BrCl2N2O2/c1-3-19(4-2)6-5-18-13(20)9-21-14-11(15)7-10(16)8-12(14)17/h7-8H,3-6,9H2,1-2H3,(H,18,20). The van der Waals surface area contributed by atoms with Gasteiger partial charge in [-0.05, 0) is 41.2 Å². The molecule has 0 spiro atoms. The number of nitrogens with zero attached hydrogens (tertiary/aromatic N) is 1. The molecule has 1 amide bonds. The van der Waals surface area contributed by atoms with Gasteiger partial charge in [-0.3, -0.25) is 4.79 Å². The van der Waals surface area contributed by atoms with Crippen molar-refractivity contribution in [1.82, 2.24) is 10.2 Å². The zero-order valence-electron chi connectivity index (χ0n) is 12.1. The Morgan fingerprint density at radius 3 is 2.57 bits per heavy atom. The van der Waals surface area contributed by atoms with Crippen molar-refractivity contribution >= 4 is 45.0 Å². The molecule has 0 radical (unpaired) electrons. The molecule has 0 bridgehead atoms. The van der Waals surface area contributed by atoms with Gasteiger partial charge in [-0.2, -0.15) is 0 Å². The van der Waals surface area contributed by atoms with Crippen molar-refractivity contribution in [2.75, 3.05) is 32.8 Å². The first-order valence-corrected chi connectivity index (χ1v) is 8.29. The first-order valence-electron chi connectivity index (χ1n) is 6.74. The monoisotopic (exact) mass is 396 g/mol. The molecule has 0 saturated carbocycles. The predicted octanol–water partition coefficient (Wildman–Crippen LogP) is 3.59. The van der Waals surface area contributed by atoms with Crippen LogP contribution in [0.1, 0.15) is 13.8 Å². The van der Waals surface area contributed by atoms with Crippen molar-refractivity contribution in [1.29, 1.82) is 0 Å². The third-order valence-electron chi connectivity index (χ3n) is 2.96. The predicted molar refractivity (Wildman–Crippen MR) is 90.5 cm³/mol. The fraction of sp³-hybridized carbons (Fsp3) is 0.500. The summed E-state index contributed by atoms with van der Waals surface area (Å²) in [6, 6.07) is 3.24. The number of benzene rings is 1. The van der Waals surface area contributed by atoms with Gasteiger partial charge in [0, 0.05) is 18.1 Å². The van der Waals surface area contributed by atoms with Crippen LogP contribution in [-0.4, -0.2) is 43.6 Å². The highest BCUT2D eigenvalue weighted by molar-refractivity contribution is 9.10. The number of carbonyl (C=O) groups excluding carboxylic acids is 1. The van der Waals surface area contributed by atoms with Crippen molar-refractivity contribution < 1.29 is 9.53 Å². The molecule has 7 heteroatoms. The van der Waals surface area contributed by atoms with E-state index < -0.39 is 0 Å². The van der Waals surface area contributed by atoms with Gasteiger partial charge in [0.15, 0.2) is 12.4 Å². The summed E-state index contributed by atoms with van der Waals surface area (Å²) in [5, 5.41) is 3.68. The summed E-state index contributed by atoms with van der Waals surface area (Å²) >= 11 is 15.2. The van der Waals surface area contributed by atoms with Gasteiger partial charge in [0.25, 0.3) is 5.91 Å². The van der Waals surface area contributed by atoms with E-state index in [4.69, 9.17) is 27.9 Å². The topological polar surface area (TPSA) is 41.6 Å². The largest absolute Gasteiger partial charge is 0.481 e. The highest BCUT2D eigenvalue weighted by Gasteiger charge is 2.11. The molecule has 1 aromatic rings. The number of likely N-dealkylation sites (N-methyl/N-ethyl adjacent to an activating group) is 1. The van der Waals surface area contributed by atoms with Crippen molar-refractivity contribution in [3.63, 3.8) is 0 Å². The quantitative estimate of drug-likeness (QED) is 0.728. The lowest BCUT2D eigenvalue weighted by atomic mass is 10.3. The Labute approximate surface area is 143 Å². The van der Waals surface area contributed by atoms with Gasteiger partial charge >= 0.3 is 0 Å². The Kier molecular flexibility index (Phi) is 8.41. The maximum absolute atomic E-state index is 11.7. The molecule has 0 aliphatic heterocycles. The van der Waals surface area contributed by atoms with Crippen LogP contribution in [-0.2, 0) is 4.79 Å². The second kappa shape index (κ2) is 9.51. The third kappa shape index (κ3) is 6.43. The molecule has 0 aliphatic rings. The Morgan fingerprint density at radius 2 is 2.00 bits per heavy atom. The zero-order valence-corrected chi connectivity index (χ0v) is 15.2. The third-order valence-corrected chi connectivity index (χ3v) is 4.04. The Bertz CT molecular complexity index is 459. The van der Waals surface area contributed by atoms with Crippen LogP contribution < -0.4 is 10.1 Å². The summed E-state index contributed by atoms with van der Waals surface area (Å²) in [4.78, 5) is 14.0. The number of ether oxygens (including phenoxy) is 1. The lowest BCUT2D eigenvalue weighted by molar-refractivity contribution is -0.123. The average Bonchev–Trinajstić information content (AvgIpc) is 2.42. The molecule has 0 atom stereocenters. The molecule has 0 saturated heterocycles. The molecular formula is C14H19BrCl2N2O2. The molecule has 1 aromatic carbocycles. The smallest absolute Gasteiger partial charge is 0.257 e. The number of hydrogen-bond donors (Lipinski definition) is 1. The highest BCUT2D eigenvalue weighted by atomic mass is 79.9.